The van der Waals surface area contributed by atoms with Crippen molar-refractivity contribution in [3.05, 3.63) is 72.3 Å². The SMILES string of the molecule is C[C@@H](Oc1cccc2ccccc12)C(=O)Nc1ccccc1C(=O)N1CCCCC1. The predicted molar refractivity (Wildman–Crippen MR) is 119 cm³/mol. The molecule has 1 heterocycles. The minimum absolute atomic E-state index is 0.0341. The van der Waals surface area contributed by atoms with Crippen molar-refractivity contribution >= 4 is 28.3 Å². The standard InChI is InChI=1S/C25H26N2O3/c1-18(30-23-15-9-11-19-10-3-4-12-20(19)23)24(28)26-22-14-6-5-13-21(22)25(29)27-16-7-2-8-17-27/h3-6,9-15,18H,2,7-8,16-17H2,1H3,(H,26,28)/t18-/m1/s1. The number of amides is 2. The number of carbonyl (C=O) groups excluding carboxylic acids is 2. The monoisotopic (exact) mass is 402 g/mol. The fourth-order valence-corrected chi connectivity index (χ4v) is 3.82. The summed E-state index contributed by atoms with van der Waals surface area (Å²) < 4.78 is 5.97. The minimum atomic E-state index is -0.714. The molecule has 4 rings (SSSR count). The van der Waals surface area contributed by atoms with Gasteiger partial charge in [-0.3, -0.25) is 9.59 Å². The van der Waals surface area contributed by atoms with Crippen LogP contribution in [-0.4, -0.2) is 35.9 Å². The van der Waals surface area contributed by atoms with Crippen LogP contribution < -0.4 is 10.1 Å². The van der Waals surface area contributed by atoms with E-state index in [9.17, 15) is 9.59 Å². The molecule has 3 aromatic rings. The number of fused-ring (bicyclic) bond motifs is 1. The lowest BCUT2D eigenvalue weighted by molar-refractivity contribution is -0.122. The zero-order valence-electron chi connectivity index (χ0n) is 17.1. The van der Waals surface area contributed by atoms with Gasteiger partial charge in [0.05, 0.1) is 11.3 Å². The van der Waals surface area contributed by atoms with Crippen molar-refractivity contribution in [2.45, 2.75) is 32.3 Å². The van der Waals surface area contributed by atoms with Gasteiger partial charge in [0.25, 0.3) is 11.8 Å². The number of anilines is 1. The first kappa shape index (κ1) is 20.0. The van der Waals surface area contributed by atoms with E-state index in [4.69, 9.17) is 4.74 Å². The summed E-state index contributed by atoms with van der Waals surface area (Å²) in [5, 5.41) is 4.90. The Morgan fingerprint density at radius 3 is 2.43 bits per heavy atom. The van der Waals surface area contributed by atoms with E-state index in [1.807, 2.05) is 59.5 Å². The molecule has 0 bridgehead atoms. The highest BCUT2D eigenvalue weighted by Gasteiger charge is 2.23. The van der Waals surface area contributed by atoms with Crippen LogP contribution >= 0.6 is 0 Å². The van der Waals surface area contributed by atoms with Crippen molar-refractivity contribution < 1.29 is 14.3 Å². The van der Waals surface area contributed by atoms with E-state index < -0.39 is 6.10 Å². The zero-order valence-corrected chi connectivity index (χ0v) is 17.1. The van der Waals surface area contributed by atoms with E-state index >= 15 is 0 Å². The van der Waals surface area contributed by atoms with Gasteiger partial charge in [-0.05, 0) is 49.8 Å². The van der Waals surface area contributed by atoms with E-state index in [-0.39, 0.29) is 11.8 Å². The Bertz CT molecular complexity index is 1050. The summed E-state index contributed by atoms with van der Waals surface area (Å²) in [6.07, 6.45) is 2.49. The normalized spacial score (nSPS) is 14.9. The molecule has 0 aliphatic carbocycles. The number of ether oxygens (including phenoxy) is 1. The molecular weight excluding hydrogens is 376 g/mol. The fourth-order valence-electron chi connectivity index (χ4n) is 3.82. The molecule has 0 saturated carbocycles. The molecule has 2 amide bonds. The largest absolute Gasteiger partial charge is 0.480 e. The van der Waals surface area contributed by atoms with Crippen LogP contribution in [-0.2, 0) is 4.79 Å². The number of hydrogen-bond donors (Lipinski definition) is 1. The maximum Gasteiger partial charge on any atom is 0.265 e. The van der Waals surface area contributed by atoms with Crippen LogP contribution in [0.5, 0.6) is 5.75 Å². The third kappa shape index (κ3) is 4.30. The Morgan fingerprint density at radius 2 is 1.60 bits per heavy atom. The van der Waals surface area contributed by atoms with E-state index in [0.29, 0.717) is 17.0 Å². The molecule has 0 aromatic heterocycles. The molecule has 1 atom stereocenters. The van der Waals surface area contributed by atoms with E-state index in [1.54, 1.807) is 19.1 Å². The molecule has 5 nitrogen and oxygen atoms in total. The average Bonchev–Trinajstić information content (AvgIpc) is 2.80. The van der Waals surface area contributed by atoms with Crippen molar-refractivity contribution in [1.29, 1.82) is 0 Å². The van der Waals surface area contributed by atoms with Crippen LogP contribution in [0.2, 0.25) is 0 Å². The summed E-state index contributed by atoms with van der Waals surface area (Å²) in [7, 11) is 0. The second-order valence-electron chi connectivity index (χ2n) is 7.63. The van der Waals surface area contributed by atoms with Gasteiger partial charge in [-0.2, -0.15) is 0 Å². The Morgan fingerprint density at radius 1 is 0.900 bits per heavy atom. The van der Waals surface area contributed by atoms with E-state index in [0.717, 1.165) is 43.1 Å². The quantitative estimate of drug-likeness (QED) is 0.662. The minimum Gasteiger partial charge on any atom is -0.480 e. The number of hydrogen-bond acceptors (Lipinski definition) is 3. The highest BCUT2D eigenvalue weighted by atomic mass is 16.5. The lowest BCUT2D eigenvalue weighted by Crippen LogP contribution is -2.36. The van der Waals surface area contributed by atoms with Crippen LogP contribution in [0.15, 0.2) is 66.7 Å². The molecule has 0 spiro atoms. The molecule has 1 saturated heterocycles. The molecule has 154 valence electrons. The molecular formula is C25H26N2O3. The van der Waals surface area contributed by atoms with Gasteiger partial charge in [0, 0.05) is 18.5 Å². The molecule has 1 N–H and O–H groups in total. The van der Waals surface area contributed by atoms with Crippen molar-refractivity contribution in [2.75, 3.05) is 18.4 Å². The van der Waals surface area contributed by atoms with Crippen molar-refractivity contribution in [2.24, 2.45) is 0 Å². The summed E-state index contributed by atoms with van der Waals surface area (Å²) in [5.41, 5.74) is 1.04. The fraction of sp³-hybridized carbons (Fsp3) is 0.280. The van der Waals surface area contributed by atoms with Gasteiger partial charge in [-0.1, -0.05) is 48.5 Å². The van der Waals surface area contributed by atoms with Gasteiger partial charge in [-0.15, -0.1) is 0 Å². The lowest BCUT2D eigenvalue weighted by Gasteiger charge is -2.27. The Hall–Kier alpha value is -3.34. The second-order valence-corrected chi connectivity index (χ2v) is 7.63. The average molecular weight is 402 g/mol. The Balaban J connectivity index is 1.49. The number of nitrogens with one attached hydrogen (secondary N) is 1. The number of carbonyl (C=O) groups is 2. The second kappa shape index (κ2) is 8.99. The third-order valence-electron chi connectivity index (χ3n) is 5.48. The molecule has 0 unspecified atom stereocenters. The summed E-state index contributed by atoms with van der Waals surface area (Å²) in [6, 6.07) is 20.9. The number of rotatable bonds is 5. The number of para-hydroxylation sites is 1. The highest BCUT2D eigenvalue weighted by Crippen LogP contribution is 2.26. The van der Waals surface area contributed by atoms with Crippen molar-refractivity contribution in [3.63, 3.8) is 0 Å². The third-order valence-corrected chi connectivity index (χ3v) is 5.48. The summed E-state index contributed by atoms with van der Waals surface area (Å²) >= 11 is 0. The highest BCUT2D eigenvalue weighted by molar-refractivity contribution is 6.04. The lowest BCUT2D eigenvalue weighted by atomic mass is 10.1. The van der Waals surface area contributed by atoms with Crippen LogP contribution in [0.1, 0.15) is 36.5 Å². The van der Waals surface area contributed by atoms with Crippen LogP contribution in [0.4, 0.5) is 5.69 Å². The zero-order chi connectivity index (χ0) is 20.9. The molecule has 1 aliphatic rings. The first-order chi connectivity index (χ1) is 14.6. The first-order valence-electron chi connectivity index (χ1n) is 10.5. The molecule has 0 radical (unpaired) electrons. The van der Waals surface area contributed by atoms with Crippen LogP contribution in [0, 0.1) is 0 Å². The summed E-state index contributed by atoms with van der Waals surface area (Å²) in [4.78, 5) is 27.7. The van der Waals surface area contributed by atoms with E-state index in [2.05, 4.69) is 5.32 Å². The maximum atomic E-state index is 13.0. The van der Waals surface area contributed by atoms with Crippen molar-refractivity contribution in [3.8, 4) is 5.75 Å². The first-order valence-corrected chi connectivity index (χ1v) is 10.5. The van der Waals surface area contributed by atoms with Gasteiger partial charge in [0.2, 0.25) is 0 Å². The van der Waals surface area contributed by atoms with Crippen LogP contribution in [0.25, 0.3) is 10.8 Å². The summed E-state index contributed by atoms with van der Waals surface area (Å²) in [5.74, 6) is 0.337. The smallest absolute Gasteiger partial charge is 0.265 e. The number of piperidine rings is 1. The summed E-state index contributed by atoms with van der Waals surface area (Å²) in [6.45, 7) is 3.25. The molecule has 3 aromatic carbocycles. The van der Waals surface area contributed by atoms with E-state index in [1.165, 1.54) is 0 Å². The number of nitrogens with zero attached hydrogens (tertiary/aromatic N) is 1. The molecule has 5 heteroatoms. The van der Waals surface area contributed by atoms with Gasteiger partial charge < -0.3 is 15.0 Å². The maximum absolute atomic E-state index is 13.0. The Kier molecular flexibility index (Phi) is 5.98. The van der Waals surface area contributed by atoms with Crippen LogP contribution in [0.3, 0.4) is 0 Å². The van der Waals surface area contributed by atoms with Crippen molar-refractivity contribution in [1.82, 2.24) is 4.90 Å². The molecule has 1 aliphatic heterocycles. The van der Waals surface area contributed by atoms with Gasteiger partial charge in [-0.25, -0.2) is 0 Å². The van der Waals surface area contributed by atoms with Gasteiger partial charge >= 0.3 is 0 Å². The van der Waals surface area contributed by atoms with Gasteiger partial charge in [0.1, 0.15) is 5.75 Å². The topological polar surface area (TPSA) is 58.6 Å². The molecule has 30 heavy (non-hydrogen) atoms. The number of likely N-dealkylation sites (tertiary alicyclic amines) is 1. The Labute approximate surface area is 176 Å². The van der Waals surface area contributed by atoms with Gasteiger partial charge in [0.15, 0.2) is 6.10 Å². The molecule has 1 fully saturated rings. The predicted octanol–water partition coefficient (Wildman–Crippen LogP) is 4.87. The number of benzene rings is 3.